The van der Waals surface area contributed by atoms with Crippen molar-refractivity contribution in [2.24, 2.45) is 0 Å². The molecule has 0 unspecified atom stereocenters. The van der Waals surface area contributed by atoms with Crippen LogP contribution in [0.25, 0.3) is 10.8 Å². The van der Waals surface area contributed by atoms with E-state index in [1.165, 1.54) is 30.6 Å². The molecule has 0 radical (unpaired) electrons. The molecule has 1 saturated carbocycles. The average molecular weight is 356 g/mol. The van der Waals surface area contributed by atoms with Crippen molar-refractivity contribution < 1.29 is 9.21 Å². The lowest BCUT2D eigenvalue weighted by molar-refractivity contribution is 0.102. The molecule has 4 rings (SSSR count). The van der Waals surface area contributed by atoms with Gasteiger partial charge in [0.2, 0.25) is 0 Å². The van der Waals surface area contributed by atoms with Gasteiger partial charge in [-0.1, -0.05) is 19.3 Å². The zero-order valence-corrected chi connectivity index (χ0v) is 14.9. The highest BCUT2D eigenvalue weighted by molar-refractivity contribution is 7.15. The van der Waals surface area contributed by atoms with Gasteiger partial charge in [0.1, 0.15) is 11.5 Å². The lowest BCUT2D eigenvalue weighted by Crippen LogP contribution is -2.20. The Labute approximate surface area is 149 Å². The molecule has 130 valence electrons. The molecular weight excluding hydrogens is 336 g/mol. The van der Waals surface area contributed by atoms with E-state index in [0.717, 1.165) is 23.5 Å². The number of aryl methyl sites for hydroxylation is 1. The summed E-state index contributed by atoms with van der Waals surface area (Å²) in [6.45, 7) is 1.90. The lowest BCUT2D eigenvalue weighted by atomic mass is 9.96. The summed E-state index contributed by atoms with van der Waals surface area (Å²) in [6, 6.07) is 5.88. The number of thiazole rings is 1. The Balaban J connectivity index is 1.54. The van der Waals surface area contributed by atoms with Gasteiger partial charge in [-0.25, -0.2) is 9.67 Å². The van der Waals surface area contributed by atoms with Crippen LogP contribution < -0.4 is 5.32 Å². The monoisotopic (exact) mass is 356 g/mol. The topological polar surface area (TPSA) is 73.0 Å². The van der Waals surface area contributed by atoms with Gasteiger partial charge in [0.05, 0.1) is 18.5 Å². The van der Waals surface area contributed by atoms with E-state index in [-0.39, 0.29) is 5.91 Å². The molecule has 3 aromatic heterocycles. The summed E-state index contributed by atoms with van der Waals surface area (Å²) in [5.41, 5.74) is 0.438. The summed E-state index contributed by atoms with van der Waals surface area (Å²) in [7, 11) is 0. The van der Waals surface area contributed by atoms with Crippen molar-refractivity contribution in [2.45, 2.75) is 45.1 Å². The normalized spacial score (nSPS) is 15.4. The Kier molecular flexibility index (Phi) is 4.40. The minimum Gasteiger partial charge on any atom is -0.462 e. The van der Waals surface area contributed by atoms with E-state index in [9.17, 15) is 4.79 Å². The molecule has 6 nitrogen and oxygen atoms in total. The Bertz CT molecular complexity index is 860. The number of amides is 1. The van der Waals surface area contributed by atoms with Crippen LogP contribution in [0, 0.1) is 6.92 Å². The van der Waals surface area contributed by atoms with Gasteiger partial charge in [-0.05, 0) is 31.9 Å². The molecule has 1 aliphatic carbocycles. The maximum absolute atomic E-state index is 12.7. The number of furan rings is 1. The van der Waals surface area contributed by atoms with E-state index in [4.69, 9.17) is 4.42 Å². The van der Waals surface area contributed by atoms with Gasteiger partial charge in [-0.2, -0.15) is 5.10 Å². The fourth-order valence-electron chi connectivity index (χ4n) is 3.32. The maximum Gasteiger partial charge on any atom is 0.276 e. The highest BCUT2D eigenvalue weighted by Gasteiger charge is 2.22. The highest BCUT2D eigenvalue weighted by atomic mass is 32.1. The summed E-state index contributed by atoms with van der Waals surface area (Å²) in [5, 5.41) is 8.12. The summed E-state index contributed by atoms with van der Waals surface area (Å²) in [5.74, 6) is 1.22. The maximum atomic E-state index is 12.7. The number of nitrogens with one attached hydrogen (secondary N) is 1. The van der Waals surface area contributed by atoms with Crippen molar-refractivity contribution >= 4 is 23.1 Å². The van der Waals surface area contributed by atoms with E-state index < -0.39 is 0 Å². The minimum absolute atomic E-state index is 0.205. The first kappa shape index (κ1) is 16.1. The lowest BCUT2D eigenvalue weighted by Gasteiger charge is -2.23. The highest BCUT2D eigenvalue weighted by Crippen LogP contribution is 2.31. The molecule has 0 bridgehead atoms. The van der Waals surface area contributed by atoms with Crippen LogP contribution in [0.4, 0.5) is 5.82 Å². The number of nitrogens with zero attached hydrogens (tertiary/aromatic N) is 3. The van der Waals surface area contributed by atoms with Crippen molar-refractivity contribution in [3.8, 4) is 10.8 Å². The van der Waals surface area contributed by atoms with Crippen LogP contribution in [0.5, 0.6) is 0 Å². The van der Waals surface area contributed by atoms with Crippen LogP contribution in [0.2, 0.25) is 0 Å². The van der Waals surface area contributed by atoms with Crippen LogP contribution in [0.1, 0.15) is 53.5 Å². The summed E-state index contributed by atoms with van der Waals surface area (Å²) in [6.07, 6.45) is 9.30. The Morgan fingerprint density at radius 2 is 2.16 bits per heavy atom. The van der Waals surface area contributed by atoms with Crippen molar-refractivity contribution in [1.82, 2.24) is 14.8 Å². The third-order valence-corrected chi connectivity index (χ3v) is 5.56. The SMILES string of the molecule is Cc1sc(-c2ccco2)nc1C(=O)Nc1ccnn1C1CCCCC1. The van der Waals surface area contributed by atoms with Crippen molar-refractivity contribution in [3.63, 3.8) is 0 Å². The number of hydrogen-bond acceptors (Lipinski definition) is 5. The molecule has 7 heteroatoms. The molecule has 0 saturated heterocycles. The van der Waals surface area contributed by atoms with Crippen LogP contribution in [0.3, 0.4) is 0 Å². The smallest absolute Gasteiger partial charge is 0.276 e. The van der Waals surface area contributed by atoms with Crippen LogP contribution in [-0.2, 0) is 0 Å². The van der Waals surface area contributed by atoms with E-state index in [2.05, 4.69) is 15.4 Å². The van der Waals surface area contributed by atoms with Gasteiger partial charge >= 0.3 is 0 Å². The standard InChI is InChI=1S/C18H20N4O2S/c1-12-16(21-18(25-12)14-8-5-11-24-14)17(23)20-15-9-10-19-22(15)13-6-3-2-4-7-13/h5,8-11,13H,2-4,6-7H2,1H3,(H,20,23). The molecular formula is C18H20N4O2S. The van der Waals surface area contributed by atoms with E-state index in [1.807, 2.05) is 29.8 Å². The van der Waals surface area contributed by atoms with E-state index in [0.29, 0.717) is 22.5 Å². The summed E-state index contributed by atoms with van der Waals surface area (Å²) >= 11 is 1.46. The Morgan fingerprint density at radius 3 is 2.92 bits per heavy atom. The van der Waals surface area contributed by atoms with Crippen molar-refractivity contribution in [1.29, 1.82) is 0 Å². The molecule has 1 fully saturated rings. The third-order valence-electron chi connectivity index (χ3n) is 4.58. The molecule has 0 atom stereocenters. The Hall–Kier alpha value is -2.41. The first-order valence-corrected chi connectivity index (χ1v) is 9.40. The second kappa shape index (κ2) is 6.84. The molecule has 0 aromatic carbocycles. The molecule has 1 aliphatic rings. The molecule has 0 aliphatic heterocycles. The van der Waals surface area contributed by atoms with Gasteiger partial charge in [-0.15, -0.1) is 11.3 Å². The van der Waals surface area contributed by atoms with E-state index >= 15 is 0 Å². The fraction of sp³-hybridized carbons (Fsp3) is 0.389. The van der Waals surface area contributed by atoms with E-state index in [1.54, 1.807) is 12.5 Å². The average Bonchev–Trinajstić information content (AvgIpc) is 3.35. The molecule has 1 N–H and O–H groups in total. The molecule has 0 spiro atoms. The predicted molar refractivity (Wildman–Crippen MR) is 96.9 cm³/mol. The number of carbonyl (C=O) groups excluding carboxylic acids is 1. The largest absolute Gasteiger partial charge is 0.462 e. The fourth-order valence-corrected chi connectivity index (χ4v) is 4.20. The number of rotatable bonds is 4. The molecule has 3 heterocycles. The Morgan fingerprint density at radius 1 is 1.32 bits per heavy atom. The molecule has 3 aromatic rings. The number of carbonyl (C=O) groups is 1. The van der Waals surface area contributed by atoms with Gasteiger partial charge in [-0.3, -0.25) is 4.79 Å². The second-order valence-corrected chi connectivity index (χ2v) is 7.51. The zero-order chi connectivity index (χ0) is 17.2. The van der Waals surface area contributed by atoms with Gasteiger partial charge < -0.3 is 9.73 Å². The predicted octanol–water partition coefficient (Wildman–Crippen LogP) is 4.67. The second-order valence-electron chi connectivity index (χ2n) is 6.31. The molecule has 25 heavy (non-hydrogen) atoms. The molecule has 1 amide bonds. The van der Waals surface area contributed by atoms with Crippen LogP contribution in [-0.4, -0.2) is 20.7 Å². The van der Waals surface area contributed by atoms with Crippen molar-refractivity contribution in [3.05, 3.63) is 41.2 Å². The van der Waals surface area contributed by atoms with Crippen LogP contribution in [0.15, 0.2) is 35.1 Å². The first-order chi connectivity index (χ1) is 12.2. The quantitative estimate of drug-likeness (QED) is 0.737. The first-order valence-electron chi connectivity index (χ1n) is 8.58. The minimum atomic E-state index is -0.205. The van der Waals surface area contributed by atoms with Gasteiger partial charge in [0.25, 0.3) is 5.91 Å². The number of hydrogen-bond donors (Lipinski definition) is 1. The summed E-state index contributed by atoms with van der Waals surface area (Å²) < 4.78 is 7.32. The third kappa shape index (κ3) is 3.24. The van der Waals surface area contributed by atoms with Gasteiger partial charge in [0, 0.05) is 10.9 Å². The number of anilines is 1. The van der Waals surface area contributed by atoms with Crippen molar-refractivity contribution in [2.75, 3.05) is 5.32 Å². The van der Waals surface area contributed by atoms with Crippen LogP contribution >= 0.6 is 11.3 Å². The number of aromatic nitrogens is 3. The summed E-state index contributed by atoms with van der Waals surface area (Å²) in [4.78, 5) is 18.0. The zero-order valence-electron chi connectivity index (χ0n) is 14.1. The van der Waals surface area contributed by atoms with Gasteiger partial charge in [0.15, 0.2) is 10.8 Å².